The summed E-state index contributed by atoms with van der Waals surface area (Å²) in [5.74, 6) is 0.503. The van der Waals surface area contributed by atoms with E-state index in [0.717, 1.165) is 27.2 Å². The number of fused-ring (bicyclic) bond motifs is 1. The van der Waals surface area contributed by atoms with Crippen molar-refractivity contribution in [1.29, 1.82) is 0 Å². The maximum atomic E-state index is 6.30. The number of para-hydroxylation sites is 1. The molecule has 0 aliphatic carbocycles. The summed E-state index contributed by atoms with van der Waals surface area (Å²) in [6, 6.07) is 18.1. The van der Waals surface area contributed by atoms with Crippen LogP contribution in [0, 0.1) is 0 Å². The Morgan fingerprint density at radius 2 is 1.86 bits per heavy atom. The molecular weight excluding hydrogens is 298 g/mol. The third kappa shape index (κ3) is 2.18. The van der Waals surface area contributed by atoms with Crippen molar-refractivity contribution >= 4 is 22.5 Å². The Morgan fingerprint density at radius 1 is 1.05 bits per heavy atom. The van der Waals surface area contributed by atoms with Gasteiger partial charge in [-0.3, -0.25) is 0 Å². The molecule has 0 aliphatic rings. The number of rotatable bonds is 3. The first-order valence-corrected chi connectivity index (χ1v) is 7.29. The van der Waals surface area contributed by atoms with Crippen molar-refractivity contribution in [2.75, 3.05) is 0 Å². The molecule has 5 heteroatoms. The first kappa shape index (κ1) is 13.1. The van der Waals surface area contributed by atoms with Crippen LogP contribution in [0.5, 0.6) is 0 Å². The molecule has 0 radical (unpaired) electrons. The quantitative estimate of drug-likeness (QED) is 0.563. The van der Waals surface area contributed by atoms with E-state index in [-0.39, 0.29) is 0 Å². The van der Waals surface area contributed by atoms with Crippen molar-refractivity contribution in [3.8, 4) is 11.6 Å². The largest absolute Gasteiger partial charge is 0.422 e. The molecule has 2 heterocycles. The van der Waals surface area contributed by atoms with Gasteiger partial charge in [-0.05, 0) is 23.8 Å². The van der Waals surface area contributed by atoms with Crippen LogP contribution in [-0.2, 0) is 6.54 Å². The first-order valence-electron chi connectivity index (χ1n) is 6.91. The Balaban J connectivity index is 1.91. The fraction of sp³-hybridized carbons (Fsp3) is 0.0588. The van der Waals surface area contributed by atoms with Crippen LogP contribution in [0.15, 0.2) is 65.4 Å². The average Bonchev–Trinajstić information content (AvgIpc) is 3.17. The minimum atomic E-state index is 0.503. The molecule has 0 saturated carbocycles. The third-order valence-corrected chi connectivity index (χ3v) is 4.04. The molecule has 0 amide bonds. The number of benzene rings is 2. The van der Waals surface area contributed by atoms with E-state index in [4.69, 9.17) is 16.0 Å². The second kappa shape index (κ2) is 5.31. The van der Waals surface area contributed by atoms with E-state index in [0.29, 0.717) is 12.4 Å². The lowest BCUT2D eigenvalue weighted by Crippen LogP contribution is -2.02. The third-order valence-electron chi connectivity index (χ3n) is 3.68. The summed E-state index contributed by atoms with van der Waals surface area (Å²) < 4.78 is 7.52. The van der Waals surface area contributed by atoms with E-state index >= 15 is 0 Å². The van der Waals surface area contributed by atoms with E-state index in [1.807, 2.05) is 36.4 Å². The van der Waals surface area contributed by atoms with Crippen LogP contribution in [-0.4, -0.2) is 14.8 Å². The van der Waals surface area contributed by atoms with Gasteiger partial charge in [0.25, 0.3) is 5.89 Å². The maximum Gasteiger partial charge on any atom is 0.264 e. The van der Waals surface area contributed by atoms with E-state index in [2.05, 4.69) is 33.0 Å². The highest BCUT2D eigenvalue weighted by atomic mass is 35.5. The van der Waals surface area contributed by atoms with Crippen molar-refractivity contribution in [1.82, 2.24) is 14.8 Å². The summed E-state index contributed by atoms with van der Waals surface area (Å²) in [7, 11) is 0. The lowest BCUT2D eigenvalue weighted by atomic mass is 10.2. The Labute approximate surface area is 132 Å². The lowest BCUT2D eigenvalue weighted by molar-refractivity contribution is 0.562. The van der Waals surface area contributed by atoms with Gasteiger partial charge in [-0.1, -0.05) is 48.0 Å². The van der Waals surface area contributed by atoms with Crippen LogP contribution in [0.4, 0.5) is 0 Å². The minimum Gasteiger partial charge on any atom is -0.422 e. The van der Waals surface area contributed by atoms with E-state index < -0.39 is 0 Å². The Bertz CT molecular complexity index is 928. The minimum absolute atomic E-state index is 0.503. The van der Waals surface area contributed by atoms with Crippen LogP contribution < -0.4 is 0 Å². The zero-order chi connectivity index (χ0) is 14.9. The molecular formula is C17H12ClN3O. The second-order valence-electron chi connectivity index (χ2n) is 5.01. The van der Waals surface area contributed by atoms with Gasteiger partial charge in [0.15, 0.2) is 0 Å². The Morgan fingerprint density at radius 3 is 2.68 bits per heavy atom. The summed E-state index contributed by atoms with van der Waals surface area (Å²) >= 11 is 6.30. The fourth-order valence-electron chi connectivity index (χ4n) is 2.64. The number of halogens is 1. The molecule has 0 fully saturated rings. The maximum absolute atomic E-state index is 6.30. The van der Waals surface area contributed by atoms with Gasteiger partial charge in [-0.25, -0.2) is 0 Å². The van der Waals surface area contributed by atoms with Gasteiger partial charge >= 0.3 is 0 Å². The second-order valence-corrected chi connectivity index (χ2v) is 5.42. The normalized spacial score (nSPS) is 11.1. The van der Waals surface area contributed by atoms with E-state index in [1.54, 1.807) is 0 Å². The predicted octanol–water partition coefficient (Wildman–Crippen LogP) is 4.39. The smallest absolute Gasteiger partial charge is 0.264 e. The van der Waals surface area contributed by atoms with Crippen molar-refractivity contribution in [3.05, 3.63) is 71.6 Å². The van der Waals surface area contributed by atoms with Crippen LogP contribution in [0.2, 0.25) is 5.02 Å². The van der Waals surface area contributed by atoms with Crippen molar-refractivity contribution in [2.45, 2.75) is 6.54 Å². The first-order chi connectivity index (χ1) is 10.8. The highest BCUT2D eigenvalue weighted by Gasteiger charge is 2.15. The number of hydrogen-bond donors (Lipinski definition) is 0. The molecule has 0 saturated heterocycles. The molecule has 4 rings (SSSR count). The molecule has 0 spiro atoms. The zero-order valence-electron chi connectivity index (χ0n) is 11.6. The molecule has 0 unspecified atom stereocenters. The van der Waals surface area contributed by atoms with Gasteiger partial charge in [-0.15, -0.1) is 10.2 Å². The van der Waals surface area contributed by atoms with Gasteiger partial charge in [0.2, 0.25) is 6.39 Å². The van der Waals surface area contributed by atoms with Crippen molar-refractivity contribution < 1.29 is 4.42 Å². The predicted molar refractivity (Wildman–Crippen MR) is 85.8 cm³/mol. The average molecular weight is 310 g/mol. The SMILES string of the molecule is Clc1ccccc1Cn1c(-c2nnco2)cc2ccccc21. The van der Waals surface area contributed by atoms with Crippen LogP contribution in [0.25, 0.3) is 22.5 Å². The van der Waals surface area contributed by atoms with Crippen molar-refractivity contribution in [3.63, 3.8) is 0 Å². The molecule has 0 aliphatic heterocycles. The molecule has 0 N–H and O–H groups in total. The topological polar surface area (TPSA) is 43.9 Å². The van der Waals surface area contributed by atoms with Crippen LogP contribution in [0.3, 0.4) is 0 Å². The standard InChI is InChI=1S/C17H12ClN3O/c18-14-7-3-1-6-13(14)10-21-15-8-4-2-5-12(15)9-16(21)17-20-19-11-22-17/h1-9,11H,10H2. The summed E-state index contributed by atoms with van der Waals surface area (Å²) in [6.45, 7) is 0.644. The summed E-state index contributed by atoms with van der Waals surface area (Å²) in [5, 5.41) is 9.69. The number of aromatic nitrogens is 3. The number of hydrogen-bond acceptors (Lipinski definition) is 3. The number of nitrogens with zero attached hydrogens (tertiary/aromatic N) is 3. The molecule has 4 nitrogen and oxygen atoms in total. The molecule has 0 bridgehead atoms. The fourth-order valence-corrected chi connectivity index (χ4v) is 2.84. The summed E-state index contributed by atoms with van der Waals surface area (Å²) in [5.41, 5.74) is 3.04. The summed E-state index contributed by atoms with van der Waals surface area (Å²) in [6.07, 6.45) is 1.34. The molecule has 4 aromatic rings. The molecule has 22 heavy (non-hydrogen) atoms. The van der Waals surface area contributed by atoms with E-state index in [9.17, 15) is 0 Å². The van der Waals surface area contributed by atoms with E-state index in [1.165, 1.54) is 6.39 Å². The molecule has 2 aromatic heterocycles. The molecule has 2 aromatic carbocycles. The zero-order valence-corrected chi connectivity index (χ0v) is 12.4. The monoisotopic (exact) mass is 309 g/mol. The Kier molecular flexibility index (Phi) is 3.16. The Hall–Kier alpha value is -2.59. The van der Waals surface area contributed by atoms with Crippen LogP contribution >= 0.6 is 11.6 Å². The van der Waals surface area contributed by atoms with Gasteiger partial charge in [0.1, 0.15) is 5.69 Å². The highest BCUT2D eigenvalue weighted by Crippen LogP contribution is 2.29. The molecule has 108 valence electrons. The van der Waals surface area contributed by atoms with Crippen LogP contribution in [0.1, 0.15) is 5.56 Å². The highest BCUT2D eigenvalue weighted by molar-refractivity contribution is 6.31. The van der Waals surface area contributed by atoms with Gasteiger partial charge in [-0.2, -0.15) is 0 Å². The van der Waals surface area contributed by atoms with Crippen molar-refractivity contribution in [2.24, 2.45) is 0 Å². The summed E-state index contributed by atoms with van der Waals surface area (Å²) in [4.78, 5) is 0. The van der Waals surface area contributed by atoms with Gasteiger partial charge in [0.05, 0.1) is 0 Å². The van der Waals surface area contributed by atoms with Gasteiger partial charge < -0.3 is 8.98 Å². The molecule has 0 atom stereocenters. The van der Waals surface area contributed by atoms with Gasteiger partial charge in [0, 0.05) is 22.5 Å². The lowest BCUT2D eigenvalue weighted by Gasteiger charge is -2.10.